The van der Waals surface area contributed by atoms with Crippen molar-refractivity contribution >= 4 is 11.6 Å². The van der Waals surface area contributed by atoms with Gasteiger partial charge in [-0.25, -0.2) is 0 Å². The molecule has 0 N–H and O–H groups in total. The van der Waals surface area contributed by atoms with Gasteiger partial charge < -0.3 is 0 Å². The van der Waals surface area contributed by atoms with E-state index < -0.39 is 0 Å². The molecule has 0 fully saturated rings. The molecule has 0 amide bonds. The molecule has 0 aromatic heterocycles. The van der Waals surface area contributed by atoms with Crippen LogP contribution in [0.25, 0.3) is 22.3 Å². The molecular formula is C26H29Cl. The molecule has 0 unspecified atom stereocenters. The van der Waals surface area contributed by atoms with E-state index >= 15 is 0 Å². The van der Waals surface area contributed by atoms with Crippen LogP contribution < -0.4 is 0 Å². The van der Waals surface area contributed by atoms with Crippen LogP contribution in [-0.4, -0.2) is 0 Å². The molecule has 0 bridgehead atoms. The van der Waals surface area contributed by atoms with E-state index in [0.717, 1.165) is 27.3 Å². The van der Waals surface area contributed by atoms with Gasteiger partial charge in [-0.1, -0.05) is 120 Å². The molecule has 0 spiro atoms. The Balaban J connectivity index is 1.99. The Bertz CT molecular complexity index is 842. The van der Waals surface area contributed by atoms with Gasteiger partial charge in [0.05, 0.1) is 5.02 Å². The summed E-state index contributed by atoms with van der Waals surface area (Å²) in [4.78, 5) is 0. The summed E-state index contributed by atoms with van der Waals surface area (Å²) < 4.78 is 0. The van der Waals surface area contributed by atoms with E-state index in [4.69, 9.17) is 11.6 Å². The van der Waals surface area contributed by atoms with Gasteiger partial charge in [-0.3, -0.25) is 0 Å². The molecule has 3 aromatic carbocycles. The van der Waals surface area contributed by atoms with Gasteiger partial charge in [0.15, 0.2) is 0 Å². The summed E-state index contributed by atoms with van der Waals surface area (Å²) in [5.74, 6) is 0. The lowest BCUT2D eigenvalue weighted by molar-refractivity contribution is 0.590. The Morgan fingerprint density at radius 1 is 0.519 bits per heavy atom. The van der Waals surface area contributed by atoms with Crippen LogP contribution in [-0.2, 0) is 10.8 Å². The molecule has 0 saturated carbocycles. The number of rotatable bonds is 2. The van der Waals surface area contributed by atoms with Gasteiger partial charge in [-0.05, 0) is 33.1 Å². The Labute approximate surface area is 169 Å². The van der Waals surface area contributed by atoms with E-state index in [2.05, 4.69) is 108 Å². The van der Waals surface area contributed by atoms with Crippen molar-refractivity contribution in [3.05, 3.63) is 82.9 Å². The third-order valence-electron chi connectivity index (χ3n) is 5.12. The first-order valence-electron chi connectivity index (χ1n) is 9.58. The summed E-state index contributed by atoms with van der Waals surface area (Å²) in [6, 6.07) is 23.8. The van der Waals surface area contributed by atoms with E-state index in [-0.39, 0.29) is 10.8 Å². The zero-order valence-electron chi connectivity index (χ0n) is 17.2. The molecule has 3 rings (SSSR count). The lowest BCUT2D eigenvalue weighted by Crippen LogP contribution is -2.10. The van der Waals surface area contributed by atoms with Gasteiger partial charge in [0.2, 0.25) is 0 Å². The molecule has 0 heterocycles. The average Bonchev–Trinajstić information content (AvgIpc) is 2.61. The highest BCUT2D eigenvalue weighted by atomic mass is 35.5. The molecule has 27 heavy (non-hydrogen) atoms. The van der Waals surface area contributed by atoms with Crippen LogP contribution in [0.3, 0.4) is 0 Å². The summed E-state index contributed by atoms with van der Waals surface area (Å²) in [5, 5.41) is 0.810. The highest BCUT2D eigenvalue weighted by Gasteiger charge is 2.16. The maximum atomic E-state index is 6.84. The van der Waals surface area contributed by atoms with Crippen molar-refractivity contribution in [3.8, 4) is 22.3 Å². The number of hydrogen-bond acceptors (Lipinski definition) is 0. The fourth-order valence-electron chi connectivity index (χ4n) is 3.28. The van der Waals surface area contributed by atoms with E-state index in [1.54, 1.807) is 0 Å². The largest absolute Gasteiger partial charge is 0.0830 e. The fraction of sp³-hybridized carbons (Fsp3) is 0.308. The molecule has 3 aromatic rings. The van der Waals surface area contributed by atoms with Crippen LogP contribution in [0.2, 0.25) is 5.02 Å². The van der Waals surface area contributed by atoms with Crippen LogP contribution in [0, 0.1) is 0 Å². The summed E-state index contributed by atoms with van der Waals surface area (Å²) >= 11 is 6.84. The Kier molecular flexibility index (Phi) is 5.23. The Morgan fingerprint density at radius 3 is 1.15 bits per heavy atom. The van der Waals surface area contributed by atoms with Gasteiger partial charge >= 0.3 is 0 Å². The van der Waals surface area contributed by atoms with Gasteiger partial charge in [-0.2, -0.15) is 0 Å². The van der Waals surface area contributed by atoms with Gasteiger partial charge in [-0.15, -0.1) is 0 Å². The third kappa shape index (κ3) is 4.28. The minimum Gasteiger partial charge on any atom is -0.0830 e. The van der Waals surface area contributed by atoms with Gasteiger partial charge in [0, 0.05) is 11.1 Å². The van der Waals surface area contributed by atoms with Gasteiger partial charge in [0.1, 0.15) is 0 Å². The summed E-state index contributed by atoms with van der Waals surface area (Å²) in [7, 11) is 0. The number of halogens is 1. The minimum absolute atomic E-state index is 0.152. The van der Waals surface area contributed by atoms with Crippen molar-refractivity contribution < 1.29 is 0 Å². The van der Waals surface area contributed by atoms with Crippen LogP contribution in [0.4, 0.5) is 0 Å². The molecule has 0 atom stereocenters. The lowest BCUT2D eigenvalue weighted by atomic mass is 9.85. The molecule has 0 radical (unpaired) electrons. The first-order valence-corrected chi connectivity index (χ1v) is 9.95. The van der Waals surface area contributed by atoms with Crippen molar-refractivity contribution in [2.45, 2.75) is 52.4 Å². The van der Waals surface area contributed by atoms with Crippen LogP contribution in [0.1, 0.15) is 52.7 Å². The molecule has 0 aliphatic carbocycles. The van der Waals surface area contributed by atoms with Crippen molar-refractivity contribution in [2.24, 2.45) is 0 Å². The van der Waals surface area contributed by atoms with E-state index in [1.165, 1.54) is 11.1 Å². The number of hydrogen-bond donors (Lipinski definition) is 0. The second-order valence-corrected chi connectivity index (χ2v) is 9.70. The topological polar surface area (TPSA) is 0 Å². The molecule has 0 aliphatic heterocycles. The molecule has 0 nitrogen and oxygen atoms in total. The van der Waals surface area contributed by atoms with Crippen LogP contribution in [0.5, 0.6) is 0 Å². The van der Waals surface area contributed by atoms with E-state index in [0.29, 0.717) is 0 Å². The Morgan fingerprint density at radius 2 is 0.852 bits per heavy atom. The fourth-order valence-corrected chi connectivity index (χ4v) is 3.62. The van der Waals surface area contributed by atoms with Crippen molar-refractivity contribution in [2.75, 3.05) is 0 Å². The zero-order chi connectivity index (χ0) is 19.8. The standard InChI is InChI=1S/C26H29Cl/c1-25(2,3)20-14-10-18(11-15-20)22-8-7-9-23(24(22)27)19-12-16-21(17-13-19)26(4,5)6/h7-17H,1-6H3. The van der Waals surface area contributed by atoms with E-state index in [1.807, 2.05) is 0 Å². The smallest absolute Gasteiger partial charge is 0.0562 e. The second-order valence-electron chi connectivity index (χ2n) is 9.32. The molecule has 0 aliphatic rings. The van der Waals surface area contributed by atoms with Gasteiger partial charge in [0.25, 0.3) is 0 Å². The first-order chi connectivity index (χ1) is 12.6. The summed E-state index contributed by atoms with van der Waals surface area (Å²) in [5.41, 5.74) is 7.43. The Hall–Kier alpha value is -2.05. The van der Waals surface area contributed by atoms with Crippen molar-refractivity contribution in [1.82, 2.24) is 0 Å². The molecule has 140 valence electrons. The van der Waals surface area contributed by atoms with Crippen molar-refractivity contribution in [1.29, 1.82) is 0 Å². The monoisotopic (exact) mass is 376 g/mol. The summed E-state index contributed by atoms with van der Waals surface area (Å²) in [6.07, 6.45) is 0. The lowest BCUT2D eigenvalue weighted by Gasteiger charge is -2.20. The first kappa shape index (κ1) is 19.7. The SMILES string of the molecule is CC(C)(C)c1ccc(-c2cccc(-c3ccc(C(C)(C)C)cc3)c2Cl)cc1. The predicted molar refractivity (Wildman–Crippen MR) is 120 cm³/mol. The average molecular weight is 377 g/mol. The maximum Gasteiger partial charge on any atom is 0.0562 e. The van der Waals surface area contributed by atoms with Crippen LogP contribution >= 0.6 is 11.6 Å². The quantitative estimate of drug-likeness (QED) is 0.422. The highest BCUT2D eigenvalue weighted by molar-refractivity contribution is 6.36. The third-order valence-corrected chi connectivity index (χ3v) is 5.53. The minimum atomic E-state index is 0.152. The zero-order valence-corrected chi connectivity index (χ0v) is 18.0. The predicted octanol–water partition coefficient (Wildman–Crippen LogP) is 8.27. The molecular weight excluding hydrogens is 348 g/mol. The van der Waals surface area contributed by atoms with Crippen molar-refractivity contribution in [3.63, 3.8) is 0 Å². The molecule has 1 heteroatoms. The van der Waals surface area contributed by atoms with Crippen LogP contribution in [0.15, 0.2) is 66.7 Å². The summed E-state index contributed by atoms with van der Waals surface area (Å²) in [6.45, 7) is 13.4. The second kappa shape index (κ2) is 7.17. The molecule has 0 saturated heterocycles. The van der Waals surface area contributed by atoms with E-state index in [9.17, 15) is 0 Å². The highest BCUT2D eigenvalue weighted by Crippen LogP contribution is 2.37. The normalized spacial score (nSPS) is 12.3. The maximum absolute atomic E-state index is 6.84. The number of benzene rings is 3.